The Morgan fingerprint density at radius 3 is 2.72 bits per heavy atom. The van der Waals surface area contributed by atoms with E-state index in [2.05, 4.69) is 20.4 Å². The van der Waals surface area contributed by atoms with Crippen LogP contribution in [0.25, 0.3) is 0 Å². The van der Waals surface area contributed by atoms with Crippen LogP contribution in [-0.4, -0.2) is 26.2 Å². The Hall–Kier alpha value is -2.77. The first-order chi connectivity index (χ1) is 12.1. The van der Waals surface area contributed by atoms with Gasteiger partial charge in [0, 0.05) is 6.54 Å². The summed E-state index contributed by atoms with van der Waals surface area (Å²) >= 11 is 0. The standard InChI is InChI=1S/C17H21F2N3O3/c1-3-20-17(22-11-13-5-4-8-24-13)21-10-12-6-7-14(23-2)15(9-12)25-16(18)19/h4-9,16H,3,10-11H2,1-2H3,(H2,20,21,22). The Labute approximate surface area is 144 Å². The van der Waals surface area contributed by atoms with E-state index in [1.807, 2.05) is 19.1 Å². The van der Waals surface area contributed by atoms with Crippen molar-refractivity contribution in [3.05, 3.63) is 47.9 Å². The molecule has 25 heavy (non-hydrogen) atoms. The van der Waals surface area contributed by atoms with Crippen LogP contribution in [0.2, 0.25) is 0 Å². The SMILES string of the molecule is CCNC(=NCc1ccc(OC)c(OC(F)F)c1)NCc1ccco1. The zero-order valence-corrected chi connectivity index (χ0v) is 14.1. The molecule has 0 spiro atoms. The number of methoxy groups -OCH3 is 1. The summed E-state index contributed by atoms with van der Waals surface area (Å²) < 4.78 is 39.7. The molecule has 136 valence electrons. The second-order valence-corrected chi connectivity index (χ2v) is 4.99. The van der Waals surface area contributed by atoms with E-state index in [-0.39, 0.29) is 18.0 Å². The highest BCUT2D eigenvalue weighted by Gasteiger charge is 2.11. The largest absolute Gasteiger partial charge is 0.493 e. The maximum atomic E-state index is 12.5. The summed E-state index contributed by atoms with van der Waals surface area (Å²) in [5.74, 6) is 1.60. The number of guanidine groups is 1. The molecule has 2 rings (SSSR count). The van der Waals surface area contributed by atoms with Gasteiger partial charge in [-0.1, -0.05) is 6.07 Å². The first-order valence-electron chi connectivity index (χ1n) is 7.78. The maximum Gasteiger partial charge on any atom is 0.387 e. The molecule has 1 heterocycles. The summed E-state index contributed by atoms with van der Waals surface area (Å²) in [7, 11) is 1.40. The van der Waals surface area contributed by atoms with E-state index in [0.29, 0.717) is 24.6 Å². The number of nitrogens with one attached hydrogen (secondary N) is 2. The smallest absolute Gasteiger partial charge is 0.387 e. The molecule has 0 radical (unpaired) electrons. The molecule has 1 aromatic heterocycles. The average molecular weight is 353 g/mol. The lowest BCUT2D eigenvalue weighted by molar-refractivity contribution is -0.0512. The van der Waals surface area contributed by atoms with Crippen LogP contribution in [0.5, 0.6) is 11.5 Å². The van der Waals surface area contributed by atoms with Crippen LogP contribution in [0.3, 0.4) is 0 Å². The minimum Gasteiger partial charge on any atom is -0.493 e. The van der Waals surface area contributed by atoms with Crippen molar-refractivity contribution in [3.63, 3.8) is 0 Å². The van der Waals surface area contributed by atoms with Crippen LogP contribution in [0.15, 0.2) is 46.0 Å². The molecule has 0 fully saturated rings. The molecule has 0 bridgehead atoms. The fraction of sp³-hybridized carbons (Fsp3) is 0.353. The first-order valence-corrected chi connectivity index (χ1v) is 7.78. The van der Waals surface area contributed by atoms with Crippen molar-refractivity contribution in [2.75, 3.05) is 13.7 Å². The van der Waals surface area contributed by atoms with E-state index in [4.69, 9.17) is 9.15 Å². The van der Waals surface area contributed by atoms with Crippen LogP contribution in [0.4, 0.5) is 8.78 Å². The highest BCUT2D eigenvalue weighted by Crippen LogP contribution is 2.29. The van der Waals surface area contributed by atoms with Gasteiger partial charge in [-0.05, 0) is 36.8 Å². The highest BCUT2D eigenvalue weighted by molar-refractivity contribution is 5.79. The average Bonchev–Trinajstić information content (AvgIpc) is 3.10. The molecule has 0 atom stereocenters. The van der Waals surface area contributed by atoms with Gasteiger partial charge in [-0.3, -0.25) is 0 Å². The zero-order chi connectivity index (χ0) is 18.1. The van der Waals surface area contributed by atoms with Gasteiger partial charge in [-0.2, -0.15) is 8.78 Å². The Morgan fingerprint density at radius 2 is 2.08 bits per heavy atom. The zero-order valence-electron chi connectivity index (χ0n) is 14.1. The van der Waals surface area contributed by atoms with Crippen LogP contribution in [0.1, 0.15) is 18.2 Å². The van der Waals surface area contributed by atoms with Gasteiger partial charge in [-0.15, -0.1) is 0 Å². The van der Waals surface area contributed by atoms with Gasteiger partial charge in [0.05, 0.1) is 26.5 Å². The van der Waals surface area contributed by atoms with E-state index in [9.17, 15) is 8.78 Å². The minimum atomic E-state index is -2.92. The molecule has 2 aromatic rings. The Morgan fingerprint density at radius 1 is 1.24 bits per heavy atom. The predicted molar refractivity (Wildman–Crippen MR) is 90.0 cm³/mol. The van der Waals surface area contributed by atoms with Gasteiger partial charge in [0.2, 0.25) is 0 Å². The number of furan rings is 1. The molecule has 1 aromatic carbocycles. The number of benzene rings is 1. The molecule has 0 aliphatic rings. The summed E-state index contributed by atoms with van der Waals surface area (Å²) in [4.78, 5) is 4.43. The number of hydrogen-bond donors (Lipinski definition) is 2. The third-order valence-electron chi connectivity index (χ3n) is 3.22. The van der Waals surface area contributed by atoms with Gasteiger partial charge >= 0.3 is 6.61 Å². The number of hydrogen-bond acceptors (Lipinski definition) is 4. The van der Waals surface area contributed by atoms with E-state index >= 15 is 0 Å². The molecule has 0 saturated heterocycles. The molecule has 8 heteroatoms. The lowest BCUT2D eigenvalue weighted by atomic mass is 10.2. The molecule has 0 saturated carbocycles. The molecule has 0 aliphatic heterocycles. The summed E-state index contributed by atoms with van der Waals surface area (Å²) in [5.41, 5.74) is 0.714. The van der Waals surface area contributed by atoms with Crippen LogP contribution >= 0.6 is 0 Å². The van der Waals surface area contributed by atoms with Gasteiger partial charge < -0.3 is 24.5 Å². The Bertz CT molecular complexity index is 676. The predicted octanol–water partition coefficient (Wildman–Crippen LogP) is 3.14. The molecular formula is C17H21F2N3O3. The van der Waals surface area contributed by atoms with E-state index < -0.39 is 6.61 Å². The summed E-state index contributed by atoms with van der Waals surface area (Å²) in [6, 6.07) is 8.48. The van der Waals surface area contributed by atoms with E-state index in [0.717, 1.165) is 5.76 Å². The molecule has 6 nitrogen and oxygen atoms in total. The fourth-order valence-electron chi connectivity index (χ4n) is 2.10. The number of aliphatic imine (C=N–C) groups is 1. The summed E-state index contributed by atoms with van der Waals surface area (Å²) in [6.07, 6.45) is 1.60. The molecular weight excluding hydrogens is 332 g/mol. The molecule has 0 amide bonds. The van der Waals surface area contributed by atoms with E-state index in [1.54, 1.807) is 18.4 Å². The number of alkyl halides is 2. The number of nitrogens with zero attached hydrogens (tertiary/aromatic N) is 1. The van der Waals surface area contributed by atoms with Crippen LogP contribution in [-0.2, 0) is 13.1 Å². The number of halogens is 2. The first kappa shape index (κ1) is 18.6. The van der Waals surface area contributed by atoms with Crippen molar-refractivity contribution >= 4 is 5.96 Å². The van der Waals surface area contributed by atoms with Crippen LogP contribution in [0, 0.1) is 0 Å². The summed E-state index contributed by atoms with van der Waals surface area (Å²) in [6.45, 7) is 0.497. The van der Waals surface area contributed by atoms with Crippen molar-refractivity contribution in [1.29, 1.82) is 0 Å². The van der Waals surface area contributed by atoms with Gasteiger partial charge in [-0.25, -0.2) is 4.99 Å². The maximum absolute atomic E-state index is 12.5. The quantitative estimate of drug-likeness (QED) is 0.564. The molecule has 0 aliphatic carbocycles. The second-order valence-electron chi connectivity index (χ2n) is 4.99. The monoisotopic (exact) mass is 353 g/mol. The topological polar surface area (TPSA) is 68.0 Å². The lowest BCUT2D eigenvalue weighted by Crippen LogP contribution is -2.36. The normalized spacial score (nSPS) is 11.5. The third-order valence-corrected chi connectivity index (χ3v) is 3.22. The van der Waals surface area contributed by atoms with Crippen molar-refractivity contribution < 1.29 is 22.7 Å². The number of rotatable bonds is 8. The summed E-state index contributed by atoms with van der Waals surface area (Å²) in [5, 5.41) is 6.24. The molecule has 2 N–H and O–H groups in total. The second kappa shape index (κ2) is 9.51. The lowest BCUT2D eigenvalue weighted by Gasteiger charge is -2.12. The molecule has 0 unspecified atom stereocenters. The van der Waals surface area contributed by atoms with Crippen molar-refractivity contribution in [2.45, 2.75) is 26.6 Å². The van der Waals surface area contributed by atoms with Gasteiger partial charge in [0.1, 0.15) is 5.76 Å². The number of ether oxygens (including phenoxy) is 2. The van der Waals surface area contributed by atoms with Crippen molar-refractivity contribution in [2.24, 2.45) is 4.99 Å². The van der Waals surface area contributed by atoms with Crippen molar-refractivity contribution in [1.82, 2.24) is 10.6 Å². The van der Waals surface area contributed by atoms with E-state index in [1.165, 1.54) is 13.2 Å². The highest BCUT2D eigenvalue weighted by atomic mass is 19.3. The minimum absolute atomic E-state index is 0.0151. The van der Waals surface area contributed by atoms with Gasteiger partial charge in [0.25, 0.3) is 0 Å². The van der Waals surface area contributed by atoms with Crippen molar-refractivity contribution in [3.8, 4) is 11.5 Å². The van der Waals surface area contributed by atoms with Crippen LogP contribution < -0.4 is 20.1 Å². The van der Waals surface area contributed by atoms with Gasteiger partial charge in [0.15, 0.2) is 17.5 Å². The Balaban J connectivity index is 2.05. The Kier molecular flexibility index (Phi) is 7.06. The fourth-order valence-corrected chi connectivity index (χ4v) is 2.10. The third kappa shape index (κ3) is 5.98.